The molecule has 0 saturated heterocycles. The van der Waals surface area contributed by atoms with Crippen LogP contribution in [0.1, 0.15) is 17.3 Å². The molecule has 1 unspecified atom stereocenters. The second-order valence-corrected chi connectivity index (χ2v) is 5.61. The Morgan fingerprint density at radius 3 is 3.05 bits per heavy atom. The lowest BCUT2D eigenvalue weighted by Crippen LogP contribution is -2.29. The number of carbonyl (C=O) groups excluding carboxylic acids is 1. The summed E-state index contributed by atoms with van der Waals surface area (Å²) >= 11 is 1.55. The molecule has 0 fully saturated rings. The molecule has 21 heavy (non-hydrogen) atoms. The third kappa shape index (κ3) is 3.86. The molecular formula is C15H19N3O2S. The van der Waals surface area contributed by atoms with Gasteiger partial charge in [-0.25, -0.2) is 4.98 Å². The molecule has 2 rings (SSSR count). The maximum atomic E-state index is 12.1. The van der Waals surface area contributed by atoms with E-state index in [2.05, 4.69) is 10.3 Å². The highest BCUT2D eigenvalue weighted by Gasteiger charge is 2.10. The van der Waals surface area contributed by atoms with E-state index in [1.807, 2.05) is 42.1 Å². The Hall–Kier alpha value is -1.79. The molecule has 1 amide bonds. The van der Waals surface area contributed by atoms with Crippen molar-refractivity contribution in [2.45, 2.75) is 12.1 Å². The second kappa shape index (κ2) is 7.28. The van der Waals surface area contributed by atoms with Crippen molar-refractivity contribution in [2.75, 3.05) is 19.4 Å². The molecule has 0 bridgehead atoms. The molecule has 2 aromatic rings. The van der Waals surface area contributed by atoms with Crippen molar-refractivity contribution in [3.05, 3.63) is 42.2 Å². The third-order valence-corrected chi connectivity index (χ3v) is 3.77. The van der Waals surface area contributed by atoms with Gasteiger partial charge >= 0.3 is 0 Å². The van der Waals surface area contributed by atoms with Crippen LogP contribution in [0.3, 0.4) is 0 Å². The lowest BCUT2D eigenvalue weighted by Gasteiger charge is -2.11. The fraction of sp³-hybridized carbons (Fsp3) is 0.333. The molecule has 1 aromatic heterocycles. The zero-order valence-electron chi connectivity index (χ0n) is 12.1. The Labute approximate surface area is 128 Å². The Kier molecular flexibility index (Phi) is 5.41. The molecule has 5 nitrogen and oxygen atoms in total. The van der Waals surface area contributed by atoms with Crippen LogP contribution in [0.25, 0.3) is 5.69 Å². The van der Waals surface area contributed by atoms with Gasteiger partial charge < -0.3 is 10.4 Å². The van der Waals surface area contributed by atoms with Crippen LogP contribution in [0.5, 0.6) is 0 Å². The van der Waals surface area contributed by atoms with E-state index in [1.165, 1.54) is 0 Å². The first kappa shape index (κ1) is 15.6. The van der Waals surface area contributed by atoms with E-state index in [-0.39, 0.29) is 18.4 Å². The molecule has 6 heteroatoms. The number of thioether (sulfide) groups is 1. The van der Waals surface area contributed by atoms with E-state index in [1.54, 1.807) is 24.0 Å². The van der Waals surface area contributed by atoms with Crippen molar-refractivity contribution in [3.63, 3.8) is 0 Å². The smallest absolute Gasteiger partial charge is 0.251 e. The first-order valence-corrected chi connectivity index (χ1v) is 7.95. The summed E-state index contributed by atoms with van der Waals surface area (Å²) in [6.45, 7) is 2.40. The first-order valence-electron chi connectivity index (χ1n) is 6.72. The molecule has 0 aliphatic rings. The van der Waals surface area contributed by atoms with E-state index in [0.29, 0.717) is 12.1 Å². The lowest BCUT2D eigenvalue weighted by atomic mass is 10.1. The molecule has 1 atom stereocenters. The van der Waals surface area contributed by atoms with Crippen molar-refractivity contribution in [2.24, 2.45) is 5.92 Å². The van der Waals surface area contributed by atoms with Gasteiger partial charge in [-0.3, -0.25) is 9.36 Å². The lowest BCUT2D eigenvalue weighted by molar-refractivity contribution is 0.0942. The minimum absolute atomic E-state index is 0.0499. The molecule has 0 spiro atoms. The van der Waals surface area contributed by atoms with Crippen LogP contribution in [0, 0.1) is 5.92 Å². The Morgan fingerprint density at radius 1 is 1.52 bits per heavy atom. The van der Waals surface area contributed by atoms with Crippen LogP contribution in [-0.4, -0.2) is 40.0 Å². The van der Waals surface area contributed by atoms with E-state index in [4.69, 9.17) is 5.11 Å². The highest BCUT2D eigenvalue weighted by molar-refractivity contribution is 7.98. The number of aliphatic hydroxyl groups is 1. The Balaban J connectivity index is 2.16. The topological polar surface area (TPSA) is 67.2 Å². The van der Waals surface area contributed by atoms with Crippen molar-refractivity contribution in [1.29, 1.82) is 0 Å². The van der Waals surface area contributed by atoms with Crippen LogP contribution >= 0.6 is 11.8 Å². The number of hydrogen-bond acceptors (Lipinski definition) is 4. The van der Waals surface area contributed by atoms with Crippen LogP contribution in [0.2, 0.25) is 0 Å². The number of imidazole rings is 1. The average Bonchev–Trinajstić information content (AvgIpc) is 3.00. The minimum atomic E-state index is -0.136. The molecule has 2 N–H and O–H groups in total. The summed E-state index contributed by atoms with van der Waals surface area (Å²) in [7, 11) is 0. The zero-order chi connectivity index (χ0) is 15.2. The molecule has 0 radical (unpaired) electrons. The highest BCUT2D eigenvalue weighted by atomic mass is 32.2. The van der Waals surface area contributed by atoms with Crippen molar-refractivity contribution in [1.82, 2.24) is 14.9 Å². The summed E-state index contributed by atoms with van der Waals surface area (Å²) in [5.41, 5.74) is 1.50. The monoisotopic (exact) mass is 305 g/mol. The highest BCUT2D eigenvalue weighted by Crippen LogP contribution is 2.18. The third-order valence-electron chi connectivity index (χ3n) is 3.10. The summed E-state index contributed by atoms with van der Waals surface area (Å²) in [6.07, 6.45) is 5.57. The van der Waals surface area contributed by atoms with Gasteiger partial charge in [0.2, 0.25) is 0 Å². The predicted molar refractivity (Wildman–Crippen MR) is 83.9 cm³/mol. The van der Waals surface area contributed by atoms with Crippen molar-refractivity contribution >= 4 is 17.7 Å². The number of benzene rings is 1. The van der Waals surface area contributed by atoms with Gasteiger partial charge in [-0.05, 0) is 30.4 Å². The summed E-state index contributed by atoms with van der Waals surface area (Å²) < 4.78 is 1.94. The van der Waals surface area contributed by atoms with Crippen LogP contribution in [-0.2, 0) is 0 Å². The van der Waals surface area contributed by atoms with Gasteiger partial charge in [0.05, 0.1) is 0 Å². The molecule has 0 saturated carbocycles. The van der Waals surface area contributed by atoms with E-state index < -0.39 is 0 Å². The minimum Gasteiger partial charge on any atom is -0.396 e. The molecule has 0 aliphatic carbocycles. The van der Waals surface area contributed by atoms with Crippen molar-refractivity contribution in [3.8, 4) is 5.69 Å². The summed E-state index contributed by atoms with van der Waals surface area (Å²) in [6, 6.07) is 7.40. The maximum absolute atomic E-state index is 12.1. The molecular weight excluding hydrogens is 286 g/mol. The van der Waals surface area contributed by atoms with Gasteiger partial charge in [-0.15, -0.1) is 0 Å². The molecule has 112 valence electrons. The number of nitrogens with zero attached hydrogens (tertiary/aromatic N) is 2. The van der Waals surface area contributed by atoms with Gasteiger partial charge in [0.25, 0.3) is 5.91 Å². The zero-order valence-corrected chi connectivity index (χ0v) is 12.9. The second-order valence-electron chi connectivity index (χ2n) is 4.83. The van der Waals surface area contributed by atoms with E-state index in [0.717, 1.165) is 10.8 Å². The summed E-state index contributed by atoms with van der Waals surface area (Å²) in [5, 5.41) is 12.7. The molecule has 0 aliphatic heterocycles. The normalized spacial score (nSPS) is 12.1. The van der Waals surface area contributed by atoms with Gasteiger partial charge in [0.1, 0.15) is 0 Å². The number of hydrogen-bond donors (Lipinski definition) is 2. The quantitative estimate of drug-likeness (QED) is 0.801. The maximum Gasteiger partial charge on any atom is 0.251 e. The first-order chi connectivity index (χ1) is 10.2. The number of amides is 1. The Bertz CT molecular complexity index is 612. The Morgan fingerprint density at radius 2 is 2.33 bits per heavy atom. The van der Waals surface area contributed by atoms with Crippen LogP contribution in [0.4, 0.5) is 0 Å². The fourth-order valence-electron chi connectivity index (χ4n) is 1.87. The number of aromatic nitrogens is 2. The molecule has 1 aromatic carbocycles. The summed E-state index contributed by atoms with van der Waals surface area (Å²) in [4.78, 5) is 16.4. The number of aliphatic hydroxyl groups excluding tert-OH is 1. The number of carbonyl (C=O) groups is 1. The van der Waals surface area contributed by atoms with E-state index >= 15 is 0 Å². The van der Waals surface area contributed by atoms with Gasteiger partial charge in [0, 0.05) is 36.8 Å². The van der Waals surface area contributed by atoms with Gasteiger partial charge in [-0.1, -0.05) is 24.8 Å². The van der Waals surface area contributed by atoms with E-state index in [9.17, 15) is 4.79 Å². The van der Waals surface area contributed by atoms with Crippen molar-refractivity contribution < 1.29 is 9.90 Å². The van der Waals surface area contributed by atoms with Crippen LogP contribution < -0.4 is 5.32 Å². The van der Waals surface area contributed by atoms with Gasteiger partial charge in [0.15, 0.2) is 5.16 Å². The average molecular weight is 305 g/mol. The van der Waals surface area contributed by atoms with Crippen LogP contribution in [0.15, 0.2) is 41.8 Å². The summed E-state index contributed by atoms with van der Waals surface area (Å²) in [5.74, 6) is -0.0863. The fourth-order valence-corrected chi connectivity index (χ4v) is 2.40. The number of rotatable bonds is 6. The molecule has 1 heterocycles. The SMILES string of the molecule is CSc1nccn1-c1cccc(C(=O)NCC(C)CO)c1. The van der Waals surface area contributed by atoms with Gasteiger partial charge in [-0.2, -0.15) is 0 Å². The number of nitrogens with one attached hydrogen (secondary N) is 1. The largest absolute Gasteiger partial charge is 0.396 e. The predicted octanol–water partition coefficient (Wildman–Crippen LogP) is 1.95. The standard InChI is InChI=1S/C15H19N3O2S/c1-11(10-19)9-17-14(20)12-4-3-5-13(8-12)18-7-6-16-15(18)21-2/h3-8,11,19H,9-10H2,1-2H3,(H,17,20).